The number of hydrogen-bond donors (Lipinski definition) is 3. The van der Waals surface area contributed by atoms with Gasteiger partial charge in [-0.15, -0.1) is 0 Å². The normalized spacial score (nSPS) is 12.6. The Labute approximate surface area is 124 Å². The molecular formula is C16H12O6. The average molecular weight is 300 g/mol. The van der Waals surface area contributed by atoms with Crippen molar-refractivity contribution in [3.8, 4) is 40.1 Å². The van der Waals surface area contributed by atoms with E-state index in [9.17, 15) is 15.3 Å². The Morgan fingerprint density at radius 1 is 1.05 bits per heavy atom. The van der Waals surface area contributed by atoms with Crippen LogP contribution >= 0.6 is 0 Å². The number of rotatable bonds is 1. The molecule has 4 rings (SSSR count). The quantitative estimate of drug-likeness (QED) is 0.598. The Bertz CT molecular complexity index is 909. The van der Waals surface area contributed by atoms with Gasteiger partial charge < -0.3 is 29.2 Å². The summed E-state index contributed by atoms with van der Waals surface area (Å²) in [5, 5.41) is 30.4. The van der Waals surface area contributed by atoms with E-state index in [1.807, 2.05) is 0 Å². The Balaban J connectivity index is 2.04. The van der Waals surface area contributed by atoms with Gasteiger partial charge in [0.1, 0.15) is 12.4 Å². The lowest BCUT2D eigenvalue weighted by Crippen LogP contribution is -2.03. The first-order valence-electron chi connectivity index (χ1n) is 6.61. The summed E-state index contributed by atoms with van der Waals surface area (Å²) >= 11 is 0. The number of phenolic OH excluding ortho intramolecular Hbond substituents is 3. The summed E-state index contributed by atoms with van der Waals surface area (Å²) in [7, 11) is 1.46. The molecule has 0 unspecified atom stereocenters. The highest BCUT2D eigenvalue weighted by molar-refractivity contribution is 5.95. The highest BCUT2D eigenvalue weighted by Crippen LogP contribution is 2.51. The van der Waals surface area contributed by atoms with E-state index >= 15 is 0 Å². The molecule has 112 valence electrons. The van der Waals surface area contributed by atoms with Crippen LogP contribution in [0.3, 0.4) is 0 Å². The second-order valence-electron chi connectivity index (χ2n) is 5.00. The van der Waals surface area contributed by atoms with Gasteiger partial charge in [-0.2, -0.15) is 0 Å². The minimum absolute atomic E-state index is 0.0843. The number of methoxy groups -OCH3 is 1. The SMILES string of the molecule is COc1ccc2c3c(oc2c1O)-c1ccc(O)c(O)c1OC3. The first kappa shape index (κ1) is 12.7. The maximum Gasteiger partial charge on any atom is 0.202 e. The minimum atomic E-state index is -0.328. The molecule has 2 heterocycles. The van der Waals surface area contributed by atoms with Gasteiger partial charge in [-0.3, -0.25) is 0 Å². The monoisotopic (exact) mass is 300 g/mol. The predicted molar refractivity (Wildman–Crippen MR) is 77.5 cm³/mol. The van der Waals surface area contributed by atoms with Crippen molar-refractivity contribution in [2.45, 2.75) is 6.61 Å². The topological polar surface area (TPSA) is 92.3 Å². The standard InChI is InChI=1S/C16H12O6/c1-20-11-5-3-7-9-6-21-15-8(2-4-10(17)12(15)18)14(9)22-16(7)13(11)19/h2-5,17-19H,6H2,1H3. The largest absolute Gasteiger partial charge is 0.504 e. The van der Waals surface area contributed by atoms with E-state index in [0.717, 1.165) is 5.56 Å². The molecule has 6 heteroatoms. The Morgan fingerprint density at radius 3 is 2.64 bits per heavy atom. The van der Waals surface area contributed by atoms with E-state index in [2.05, 4.69) is 0 Å². The molecule has 0 saturated carbocycles. The third-order valence-corrected chi connectivity index (χ3v) is 3.83. The molecular weight excluding hydrogens is 288 g/mol. The molecule has 0 fully saturated rings. The van der Waals surface area contributed by atoms with Crippen molar-refractivity contribution in [2.24, 2.45) is 0 Å². The van der Waals surface area contributed by atoms with Crippen LogP contribution < -0.4 is 9.47 Å². The number of furan rings is 1. The zero-order valence-electron chi connectivity index (χ0n) is 11.6. The molecule has 0 radical (unpaired) electrons. The van der Waals surface area contributed by atoms with Gasteiger partial charge in [-0.1, -0.05) is 0 Å². The number of benzene rings is 2. The molecule has 0 amide bonds. The molecule has 0 spiro atoms. The number of phenols is 3. The lowest BCUT2D eigenvalue weighted by Gasteiger charge is -2.18. The molecule has 1 aliphatic rings. The molecule has 6 nitrogen and oxygen atoms in total. The van der Waals surface area contributed by atoms with Crippen LogP contribution in [0.1, 0.15) is 5.56 Å². The van der Waals surface area contributed by atoms with Gasteiger partial charge >= 0.3 is 0 Å². The highest BCUT2D eigenvalue weighted by atomic mass is 16.5. The van der Waals surface area contributed by atoms with E-state index < -0.39 is 0 Å². The molecule has 0 aliphatic carbocycles. The predicted octanol–water partition coefficient (Wildman–Crippen LogP) is 3.12. The molecule has 0 atom stereocenters. The lowest BCUT2D eigenvalue weighted by molar-refractivity contribution is 0.278. The van der Waals surface area contributed by atoms with Gasteiger partial charge in [0.05, 0.1) is 12.7 Å². The molecule has 22 heavy (non-hydrogen) atoms. The molecule has 3 aromatic rings. The van der Waals surface area contributed by atoms with Crippen molar-refractivity contribution in [1.82, 2.24) is 0 Å². The zero-order valence-corrected chi connectivity index (χ0v) is 11.6. The number of fused-ring (bicyclic) bond motifs is 5. The van der Waals surface area contributed by atoms with Crippen molar-refractivity contribution in [1.29, 1.82) is 0 Å². The molecule has 1 aliphatic heterocycles. The fourth-order valence-corrected chi connectivity index (χ4v) is 2.74. The fraction of sp³-hybridized carbons (Fsp3) is 0.125. The Hall–Kier alpha value is -3.02. The van der Waals surface area contributed by atoms with Crippen molar-refractivity contribution in [3.63, 3.8) is 0 Å². The summed E-state index contributed by atoms with van der Waals surface area (Å²) in [6.07, 6.45) is 0. The van der Waals surface area contributed by atoms with E-state index in [-0.39, 0.29) is 29.6 Å². The van der Waals surface area contributed by atoms with Gasteiger partial charge in [-0.25, -0.2) is 0 Å². The summed E-state index contributed by atoms with van der Waals surface area (Å²) in [5.41, 5.74) is 1.59. The van der Waals surface area contributed by atoms with E-state index in [1.165, 1.54) is 13.2 Å². The van der Waals surface area contributed by atoms with Crippen LogP contribution in [0.5, 0.6) is 28.7 Å². The van der Waals surface area contributed by atoms with Gasteiger partial charge in [0.25, 0.3) is 0 Å². The first-order chi connectivity index (χ1) is 10.6. The maximum absolute atomic E-state index is 10.2. The smallest absolute Gasteiger partial charge is 0.202 e. The Morgan fingerprint density at radius 2 is 1.86 bits per heavy atom. The lowest BCUT2D eigenvalue weighted by atomic mass is 10.0. The van der Waals surface area contributed by atoms with Crippen LogP contribution in [0.2, 0.25) is 0 Å². The van der Waals surface area contributed by atoms with Crippen LogP contribution in [-0.4, -0.2) is 22.4 Å². The second-order valence-corrected chi connectivity index (χ2v) is 5.00. The van der Waals surface area contributed by atoms with Crippen molar-refractivity contribution >= 4 is 11.0 Å². The van der Waals surface area contributed by atoms with Gasteiger partial charge in [0.2, 0.25) is 11.5 Å². The summed E-state index contributed by atoms with van der Waals surface area (Å²) in [4.78, 5) is 0. The fourth-order valence-electron chi connectivity index (χ4n) is 2.74. The third-order valence-electron chi connectivity index (χ3n) is 3.83. The summed E-state index contributed by atoms with van der Waals surface area (Å²) in [6, 6.07) is 6.39. The van der Waals surface area contributed by atoms with Crippen LogP contribution in [0.15, 0.2) is 28.7 Å². The molecule has 1 aromatic heterocycles. The van der Waals surface area contributed by atoms with Crippen LogP contribution in [0.4, 0.5) is 0 Å². The van der Waals surface area contributed by atoms with Crippen LogP contribution in [-0.2, 0) is 6.61 Å². The molecule has 0 saturated heterocycles. The summed E-state index contributed by atoms with van der Waals surface area (Å²) in [6.45, 7) is 0.165. The average Bonchev–Trinajstić information content (AvgIpc) is 2.91. The maximum atomic E-state index is 10.2. The second kappa shape index (κ2) is 4.24. The first-order valence-corrected chi connectivity index (χ1v) is 6.61. The van der Waals surface area contributed by atoms with Crippen LogP contribution in [0.25, 0.3) is 22.3 Å². The van der Waals surface area contributed by atoms with E-state index in [1.54, 1.807) is 18.2 Å². The van der Waals surface area contributed by atoms with E-state index in [4.69, 9.17) is 13.9 Å². The van der Waals surface area contributed by atoms with Gasteiger partial charge in [0, 0.05) is 10.9 Å². The van der Waals surface area contributed by atoms with Gasteiger partial charge in [0.15, 0.2) is 22.8 Å². The van der Waals surface area contributed by atoms with E-state index in [0.29, 0.717) is 28.0 Å². The summed E-state index contributed by atoms with van der Waals surface area (Å²) in [5.74, 6) is 0.300. The molecule has 0 bridgehead atoms. The molecule has 3 N–H and O–H groups in total. The van der Waals surface area contributed by atoms with Gasteiger partial charge in [-0.05, 0) is 24.3 Å². The zero-order chi connectivity index (χ0) is 15.4. The Kier molecular flexibility index (Phi) is 2.45. The minimum Gasteiger partial charge on any atom is -0.504 e. The number of hydrogen-bond acceptors (Lipinski definition) is 6. The number of aromatic hydroxyl groups is 3. The van der Waals surface area contributed by atoms with Crippen molar-refractivity contribution < 1.29 is 29.2 Å². The number of ether oxygens (including phenoxy) is 2. The summed E-state index contributed by atoms with van der Waals surface area (Å²) < 4.78 is 16.4. The van der Waals surface area contributed by atoms with Crippen LogP contribution in [0, 0.1) is 0 Å². The van der Waals surface area contributed by atoms with Crippen molar-refractivity contribution in [2.75, 3.05) is 7.11 Å². The third kappa shape index (κ3) is 1.49. The van der Waals surface area contributed by atoms with Crippen molar-refractivity contribution in [3.05, 3.63) is 29.8 Å². The highest BCUT2D eigenvalue weighted by Gasteiger charge is 2.29. The molecule has 2 aromatic carbocycles.